The highest BCUT2D eigenvalue weighted by molar-refractivity contribution is 5.87. The van der Waals surface area contributed by atoms with Crippen LogP contribution in [0.2, 0.25) is 0 Å². The van der Waals surface area contributed by atoms with Crippen molar-refractivity contribution in [2.24, 2.45) is 11.8 Å². The van der Waals surface area contributed by atoms with Crippen molar-refractivity contribution in [2.75, 3.05) is 126 Å². The molecule has 0 amide bonds. The number of fused-ring (bicyclic) bond motifs is 1. The monoisotopic (exact) mass is 901 g/mol. The van der Waals surface area contributed by atoms with E-state index in [1.165, 1.54) is 23.5 Å². The van der Waals surface area contributed by atoms with E-state index in [1.54, 1.807) is 17.8 Å². The number of hydrogen-bond donors (Lipinski definition) is 1. The molecule has 0 saturated heterocycles. The van der Waals surface area contributed by atoms with E-state index in [0.29, 0.717) is 148 Å². The molecule has 2 aliphatic rings. The number of rotatable bonds is 34. The minimum absolute atomic E-state index is 0.105. The number of methoxy groups -OCH3 is 1. The molecular formula is C47H72N4O13. The highest BCUT2D eigenvalue weighted by Crippen LogP contribution is 2.27. The molecule has 2 fully saturated rings. The summed E-state index contributed by atoms with van der Waals surface area (Å²) in [5.74, 6) is 0.722. The van der Waals surface area contributed by atoms with Crippen LogP contribution in [-0.2, 0) is 65.3 Å². The van der Waals surface area contributed by atoms with Crippen LogP contribution in [0.15, 0.2) is 39.9 Å². The number of imidazole rings is 1. The molecule has 0 atom stereocenters. The number of aromatic nitrogens is 4. The lowest BCUT2D eigenvalue weighted by molar-refractivity contribution is -0.139. The van der Waals surface area contributed by atoms with Gasteiger partial charge in [0.05, 0.1) is 112 Å². The zero-order chi connectivity index (χ0) is 44.9. The van der Waals surface area contributed by atoms with Gasteiger partial charge < -0.3 is 52.4 Å². The minimum atomic E-state index is -0.493. The van der Waals surface area contributed by atoms with Crippen molar-refractivity contribution in [1.29, 1.82) is 0 Å². The number of benzene rings is 1. The molecule has 1 aromatic carbocycles. The van der Waals surface area contributed by atoms with Crippen LogP contribution in [0.25, 0.3) is 28.6 Å². The summed E-state index contributed by atoms with van der Waals surface area (Å²) >= 11 is 0. The van der Waals surface area contributed by atoms with Gasteiger partial charge in [-0.2, -0.15) is 0 Å². The van der Waals surface area contributed by atoms with Gasteiger partial charge in [0.15, 0.2) is 5.65 Å². The minimum Gasteiger partial charge on any atom is -0.460 e. The maximum atomic E-state index is 14.0. The van der Waals surface area contributed by atoms with Gasteiger partial charge in [0, 0.05) is 31.8 Å². The number of esters is 1. The van der Waals surface area contributed by atoms with Gasteiger partial charge >= 0.3 is 11.7 Å². The van der Waals surface area contributed by atoms with E-state index >= 15 is 0 Å². The molecule has 0 unspecified atom stereocenters. The fraction of sp³-hybridized carbons (Fsp3) is 0.702. The third-order valence-electron chi connectivity index (χ3n) is 11.3. The molecule has 64 heavy (non-hydrogen) atoms. The number of ether oxygens (including phenoxy) is 10. The summed E-state index contributed by atoms with van der Waals surface area (Å²) in [6.45, 7) is 9.10. The molecule has 2 saturated carbocycles. The molecule has 0 bridgehead atoms. The van der Waals surface area contributed by atoms with E-state index in [9.17, 15) is 14.4 Å². The van der Waals surface area contributed by atoms with E-state index in [0.717, 1.165) is 62.5 Å². The van der Waals surface area contributed by atoms with Crippen molar-refractivity contribution < 1.29 is 52.2 Å². The SMILES string of the molecule is COCCOCCOCCOCCOCCOCCOCCOCCOCCOC(=O)C=Cc1cccc(-c2nc3c([nH]2)c(=O)n(CC2CCCCC2)c(=O)n3CC2CCCCC2)c1. The van der Waals surface area contributed by atoms with E-state index < -0.39 is 5.97 Å². The zero-order valence-electron chi connectivity index (χ0n) is 38.0. The summed E-state index contributed by atoms with van der Waals surface area (Å²) in [6.07, 6.45) is 14.3. The zero-order valence-corrected chi connectivity index (χ0v) is 38.0. The number of aromatic amines is 1. The van der Waals surface area contributed by atoms with Gasteiger partial charge in [-0.3, -0.25) is 13.9 Å². The highest BCUT2D eigenvalue weighted by Gasteiger charge is 2.24. The van der Waals surface area contributed by atoms with Crippen molar-refractivity contribution in [3.8, 4) is 11.4 Å². The van der Waals surface area contributed by atoms with Crippen LogP contribution in [-0.4, -0.2) is 151 Å². The molecule has 358 valence electrons. The Morgan fingerprint density at radius 1 is 0.625 bits per heavy atom. The Morgan fingerprint density at radius 3 is 1.56 bits per heavy atom. The Labute approximate surface area is 377 Å². The van der Waals surface area contributed by atoms with Crippen LogP contribution in [0.4, 0.5) is 0 Å². The van der Waals surface area contributed by atoms with Gasteiger partial charge in [0.1, 0.15) is 17.9 Å². The van der Waals surface area contributed by atoms with E-state index in [2.05, 4.69) is 4.98 Å². The first-order valence-electron chi connectivity index (χ1n) is 23.3. The van der Waals surface area contributed by atoms with Crippen molar-refractivity contribution >= 4 is 23.2 Å². The molecule has 1 N–H and O–H groups in total. The highest BCUT2D eigenvalue weighted by atomic mass is 16.6. The van der Waals surface area contributed by atoms with E-state index in [4.69, 9.17) is 52.4 Å². The summed E-state index contributed by atoms with van der Waals surface area (Å²) in [5, 5.41) is 0. The summed E-state index contributed by atoms with van der Waals surface area (Å²) in [5.41, 5.74) is 1.70. The Bertz CT molecular complexity index is 1880. The lowest BCUT2D eigenvalue weighted by Gasteiger charge is -2.24. The molecule has 2 aliphatic carbocycles. The Morgan fingerprint density at radius 2 is 1.08 bits per heavy atom. The predicted octanol–water partition coefficient (Wildman–Crippen LogP) is 5.05. The van der Waals surface area contributed by atoms with Crippen molar-refractivity contribution in [2.45, 2.75) is 77.3 Å². The molecule has 3 aromatic rings. The quantitative estimate of drug-likeness (QED) is 0.0478. The van der Waals surface area contributed by atoms with Crippen LogP contribution in [0.5, 0.6) is 0 Å². The molecule has 0 spiro atoms. The molecule has 2 aromatic heterocycles. The van der Waals surface area contributed by atoms with Crippen molar-refractivity contribution in [3.05, 3.63) is 56.7 Å². The van der Waals surface area contributed by atoms with Crippen molar-refractivity contribution in [1.82, 2.24) is 19.1 Å². The number of carbonyl (C=O) groups excluding carboxylic acids is 1. The molecule has 17 nitrogen and oxygen atoms in total. The van der Waals surface area contributed by atoms with Crippen LogP contribution < -0.4 is 11.2 Å². The van der Waals surface area contributed by atoms with Crippen LogP contribution in [0, 0.1) is 11.8 Å². The third-order valence-corrected chi connectivity index (χ3v) is 11.3. The largest absolute Gasteiger partial charge is 0.460 e. The number of hydrogen-bond acceptors (Lipinski definition) is 14. The van der Waals surface area contributed by atoms with Crippen molar-refractivity contribution in [3.63, 3.8) is 0 Å². The van der Waals surface area contributed by atoms with Gasteiger partial charge in [0.2, 0.25) is 0 Å². The van der Waals surface area contributed by atoms with Crippen LogP contribution >= 0.6 is 0 Å². The smallest absolute Gasteiger partial charge is 0.332 e. The Hall–Kier alpha value is -3.78. The summed E-state index contributed by atoms with van der Waals surface area (Å²) < 4.78 is 57.1. The molecule has 5 rings (SSSR count). The lowest BCUT2D eigenvalue weighted by Crippen LogP contribution is -2.42. The molecule has 0 radical (unpaired) electrons. The fourth-order valence-corrected chi connectivity index (χ4v) is 7.87. The van der Waals surface area contributed by atoms with Gasteiger partial charge in [-0.1, -0.05) is 56.7 Å². The average molecular weight is 901 g/mol. The van der Waals surface area contributed by atoms with Gasteiger partial charge in [0.25, 0.3) is 5.56 Å². The van der Waals surface area contributed by atoms with Crippen LogP contribution in [0.1, 0.15) is 69.8 Å². The average Bonchev–Trinajstić information content (AvgIpc) is 3.78. The number of nitrogens with one attached hydrogen (secondary N) is 1. The number of carbonyl (C=O) groups is 1. The van der Waals surface area contributed by atoms with Crippen LogP contribution in [0.3, 0.4) is 0 Å². The first-order chi connectivity index (χ1) is 31.5. The Kier molecular flexibility index (Phi) is 25.0. The number of H-pyrrole nitrogens is 1. The standard InChI is InChI=1S/C47H72N4O13/c1-55-17-18-56-19-20-57-21-22-58-23-24-59-25-26-60-27-28-61-29-30-62-31-32-63-33-34-64-42(52)16-15-38-13-8-14-41(35-38)44-48-43-45(49-44)50(36-39-9-4-2-5-10-39)47(54)51(46(43)53)37-40-11-6-3-7-12-40/h8,13-16,35,39-40H,2-7,9-12,17-34,36-37H2,1H3,(H,48,49). The van der Waals surface area contributed by atoms with E-state index in [1.807, 2.05) is 24.3 Å². The second kappa shape index (κ2) is 31.2. The van der Waals surface area contributed by atoms with Gasteiger partial charge in [-0.25, -0.2) is 14.6 Å². The van der Waals surface area contributed by atoms with Gasteiger partial charge in [-0.05, 0) is 55.2 Å². The normalized spacial score (nSPS) is 15.2. The molecule has 0 aliphatic heterocycles. The third kappa shape index (κ3) is 19.0. The predicted molar refractivity (Wildman–Crippen MR) is 242 cm³/mol. The topological polar surface area (TPSA) is 182 Å². The molecule has 2 heterocycles. The summed E-state index contributed by atoms with van der Waals surface area (Å²) in [6, 6.07) is 7.51. The first-order valence-corrected chi connectivity index (χ1v) is 23.3. The summed E-state index contributed by atoms with van der Waals surface area (Å²) in [4.78, 5) is 48.4. The second-order valence-corrected chi connectivity index (χ2v) is 16.1. The van der Waals surface area contributed by atoms with E-state index in [-0.39, 0.29) is 24.5 Å². The lowest BCUT2D eigenvalue weighted by atomic mass is 9.89. The summed E-state index contributed by atoms with van der Waals surface area (Å²) in [7, 11) is 1.64. The fourth-order valence-electron chi connectivity index (χ4n) is 7.87. The molecular weight excluding hydrogens is 829 g/mol. The first kappa shape index (κ1) is 51.2. The molecule has 17 heteroatoms. The second-order valence-electron chi connectivity index (χ2n) is 16.1. The Balaban J connectivity index is 0.906. The maximum absolute atomic E-state index is 14.0. The number of nitrogens with zero attached hydrogens (tertiary/aromatic N) is 3. The van der Waals surface area contributed by atoms with Gasteiger partial charge in [-0.15, -0.1) is 0 Å². The maximum Gasteiger partial charge on any atom is 0.332 e.